The van der Waals surface area contributed by atoms with Crippen molar-refractivity contribution in [1.29, 1.82) is 0 Å². The molecular weight excluding hydrogens is 252 g/mol. The van der Waals surface area contributed by atoms with Crippen LogP contribution in [0, 0.1) is 5.92 Å². The first-order chi connectivity index (χ1) is 9.66. The molecule has 0 bridgehead atoms. The summed E-state index contributed by atoms with van der Waals surface area (Å²) >= 11 is 0. The molecule has 1 aliphatic heterocycles. The summed E-state index contributed by atoms with van der Waals surface area (Å²) in [7, 11) is 0. The van der Waals surface area contributed by atoms with Gasteiger partial charge in [-0.15, -0.1) is 0 Å². The normalized spacial score (nSPS) is 20.8. The maximum absolute atomic E-state index is 11.9. The van der Waals surface area contributed by atoms with Crippen molar-refractivity contribution in [3.63, 3.8) is 0 Å². The van der Waals surface area contributed by atoms with Gasteiger partial charge in [0.15, 0.2) is 0 Å². The minimum Gasteiger partial charge on any atom is -0.323 e. The number of nitrogens with one attached hydrogen (secondary N) is 1. The minimum absolute atomic E-state index is 0.212. The molecule has 20 heavy (non-hydrogen) atoms. The fraction of sp³-hybridized carbons (Fsp3) is 0.250. The van der Waals surface area contributed by atoms with Crippen molar-refractivity contribution >= 4 is 22.6 Å². The summed E-state index contributed by atoms with van der Waals surface area (Å²) in [5.41, 5.74) is 7.26. The number of hydrogen-bond acceptors (Lipinski definition) is 3. The number of amides is 2. The number of piperidine rings is 1. The van der Waals surface area contributed by atoms with E-state index in [1.54, 1.807) is 0 Å². The summed E-state index contributed by atoms with van der Waals surface area (Å²) in [4.78, 5) is 23.2. The lowest BCUT2D eigenvalue weighted by Gasteiger charge is -2.27. The molecule has 4 nitrogen and oxygen atoms in total. The van der Waals surface area contributed by atoms with Crippen LogP contribution in [-0.2, 0) is 9.59 Å². The van der Waals surface area contributed by atoms with Crippen LogP contribution in [-0.4, -0.2) is 11.8 Å². The van der Waals surface area contributed by atoms with E-state index in [4.69, 9.17) is 5.73 Å². The molecule has 2 aromatic rings. The van der Waals surface area contributed by atoms with E-state index in [1.165, 1.54) is 0 Å². The van der Waals surface area contributed by atoms with Crippen LogP contribution in [0.3, 0.4) is 0 Å². The first kappa shape index (κ1) is 12.8. The highest BCUT2D eigenvalue weighted by Crippen LogP contribution is 2.31. The summed E-state index contributed by atoms with van der Waals surface area (Å²) in [5.74, 6) is -0.823. The van der Waals surface area contributed by atoms with Gasteiger partial charge in [-0.2, -0.15) is 0 Å². The first-order valence-electron chi connectivity index (χ1n) is 6.74. The Morgan fingerprint density at radius 1 is 1.10 bits per heavy atom. The van der Waals surface area contributed by atoms with E-state index in [0.717, 1.165) is 16.3 Å². The van der Waals surface area contributed by atoms with Crippen LogP contribution < -0.4 is 11.1 Å². The quantitative estimate of drug-likeness (QED) is 0.817. The number of nitrogens with two attached hydrogens (primary N) is 1. The second-order valence-electron chi connectivity index (χ2n) is 5.15. The molecule has 0 aliphatic carbocycles. The van der Waals surface area contributed by atoms with E-state index < -0.39 is 6.04 Å². The molecule has 1 aliphatic rings. The predicted molar refractivity (Wildman–Crippen MR) is 76.8 cm³/mol. The standard InChI is InChI=1S/C16H16N2O2/c17-15(13-8-9-14(19)18-16(13)20)12-7-3-5-10-4-1-2-6-11(10)12/h1-7,13,15H,8-9,17H2,(H,18,19,20). The molecule has 102 valence electrons. The molecule has 1 fully saturated rings. The Labute approximate surface area is 117 Å². The predicted octanol–water partition coefficient (Wildman–Crippen LogP) is 1.89. The molecule has 2 amide bonds. The van der Waals surface area contributed by atoms with Crippen LogP contribution in [0.15, 0.2) is 42.5 Å². The number of hydrogen-bond donors (Lipinski definition) is 2. The molecule has 0 radical (unpaired) electrons. The SMILES string of the molecule is NC(c1cccc2ccccc12)C1CCC(=O)NC1=O. The van der Waals surface area contributed by atoms with Gasteiger partial charge in [-0.05, 0) is 22.8 Å². The Morgan fingerprint density at radius 3 is 2.65 bits per heavy atom. The van der Waals surface area contributed by atoms with Crippen molar-refractivity contribution in [2.24, 2.45) is 11.7 Å². The highest BCUT2D eigenvalue weighted by Gasteiger charge is 2.32. The highest BCUT2D eigenvalue weighted by atomic mass is 16.2. The minimum atomic E-state index is -0.394. The highest BCUT2D eigenvalue weighted by molar-refractivity contribution is 5.99. The lowest BCUT2D eigenvalue weighted by molar-refractivity contribution is -0.136. The average molecular weight is 268 g/mol. The van der Waals surface area contributed by atoms with Gasteiger partial charge in [0.05, 0.1) is 5.92 Å². The Kier molecular flexibility index (Phi) is 3.24. The molecule has 1 saturated heterocycles. The number of carbonyl (C=O) groups excluding carboxylic acids is 2. The van der Waals surface area contributed by atoms with Crippen molar-refractivity contribution < 1.29 is 9.59 Å². The van der Waals surface area contributed by atoms with Crippen LogP contribution in [0.1, 0.15) is 24.4 Å². The summed E-state index contributed by atoms with van der Waals surface area (Å²) in [6.07, 6.45) is 0.865. The first-order valence-corrected chi connectivity index (χ1v) is 6.74. The van der Waals surface area contributed by atoms with Crippen LogP contribution in [0.2, 0.25) is 0 Å². The van der Waals surface area contributed by atoms with Gasteiger partial charge in [0.1, 0.15) is 0 Å². The zero-order valence-corrected chi connectivity index (χ0v) is 11.0. The number of carbonyl (C=O) groups is 2. The van der Waals surface area contributed by atoms with E-state index in [0.29, 0.717) is 12.8 Å². The third kappa shape index (κ3) is 2.18. The molecule has 4 heteroatoms. The van der Waals surface area contributed by atoms with Gasteiger partial charge in [-0.3, -0.25) is 14.9 Å². The van der Waals surface area contributed by atoms with Crippen molar-refractivity contribution in [2.75, 3.05) is 0 Å². The van der Waals surface area contributed by atoms with Crippen molar-refractivity contribution in [3.8, 4) is 0 Å². The van der Waals surface area contributed by atoms with Gasteiger partial charge in [0, 0.05) is 12.5 Å². The molecule has 0 saturated carbocycles. The summed E-state index contributed by atoms with van der Waals surface area (Å²) in [6, 6.07) is 13.5. The van der Waals surface area contributed by atoms with E-state index in [-0.39, 0.29) is 17.7 Å². The second kappa shape index (κ2) is 5.06. The smallest absolute Gasteiger partial charge is 0.231 e. The van der Waals surface area contributed by atoms with Gasteiger partial charge in [-0.1, -0.05) is 42.5 Å². The van der Waals surface area contributed by atoms with E-state index in [2.05, 4.69) is 5.32 Å². The van der Waals surface area contributed by atoms with Gasteiger partial charge >= 0.3 is 0 Å². The zero-order chi connectivity index (χ0) is 14.1. The molecular formula is C16H16N2O2. The lowest BCUT2D eigenvalue weighted by atomic mass is 9.85. The Morgan fingerprint density at radius 2 is 1.85 bits per heavy atom. The zero-order valence-electron chi connectivity index (χ0n) is 11.0. The van der Waals surface area contributed by atoms with Gasteiger partial charge < -0.3 is 5.73 Å². The van der Waals surface area contributed by atoms with Gasteiger partial charge in [0.25, 0.3) is 0 Å². The molecule has 3 N–H and O–H groups in total. The average Bonchev–Trinajstić information content (AvgIpc) is 2.46. The molecule has 3 rings (SSSR count). The topological polar surface area (TPSA) is 72.2 Å². The summed E-state index contributed by atoms with van der Waals surface area (Å²) in [5, 5.41) is 4.54. The fourth-order valence-corrected chi connectivity index (χ4v) is 2.81. The number of benzene rings is 2. The van der Waals surface area contributed by atoms with Crippen LogP contribution >= 0.6 is 0 Å². The second-order valence-corrected chi connectivity index (χ2v) is 5.15. The van der Waals surface area contributed by atoms with Crippen molar-refractivity contribution in [3.05, 3.63) is 48.0 Å². The third-order valence-corrected chi connectivity index (χ3v) is 3.90. The largest absolute Gasteiger partial charge is 0.323 e. The summed E-state index contributed by atoms with van der Waals surface area (Å²) in [6.45, 7) is 0. The lowest BCUT2D eigenvalue weighted by Crippen LogP contribution is -2.44. The Bertz CT molecular complexity index is 676. The van der Waals surface area contributed by atoms with E-state index >= 15 is 0 Å². The third-order valence-electron chi connectivity index (χ3n) is 3.90. The Balaban J connectivity index is 1.98. The number of rotatable bonds is 2. The molecule has 2 atom stereocenters. The Hall–Kier alpha value is -2.20. The fourth-order valence-electron chi connectivity index (χ4n) is 2.81. The maximum Gasteiger partial charge on any atom is 0.231 e. The van der Waals surface area contributed by atoms with E-state index in [9.17, 15) is 9.59 Å². The molecule has 0 aromatic heterocycles. The van der Waals surface area contributed by atoms with Crippen molar-refractivity contribution in [1.82, 2.24) is 5.32 Å². The maximum atomic E-state index is 11.9. The number of imide groups is 1. The van der Waals surface area contributed by atoms with Crippen LogP contribution in [0.4, 0.5) is 0 Å². The van der Waals surface area contributed by atoms with Gasteiger partial charge in [0.2, 0.25) is 11.8 Å². The van der Waals surface area contributed by atoms with E-state index in [1.807, 2.05) is 42.5 Å². The molecule has 2 unspecified atom stereocenters. The van der Waals surface area contributed by atoms with Crippen molar-refractivity contribution in [2.45, 2.75) is 18.9 Å². The molecule has 1 heterocycles. The number of fused-ring (bicyclic) bond motifs is 1. The molecule has 2 aromatic carbocycles. The van der Waals surface area contributed by atoms with Crippen LogP contribution in [0.25, 0.3) is 10.8 Å². The van der Waals surface area contributed by atoms with Gasteiger partial charge in [-0.25, -0.2) is 0 Å². The summed E-state index contributed by atoms with van der Waals surface area (Å²) < 4.78 is 0. The van der Waals surface area contributed by atoms with Crippen LogP contribution in [0.5, 0.6) is 0 Å². The molecule has 0 spiro atoms. The monoisotopic (exact) mass is 268 g/mol.